The number of benzene rings is 3. The first-order valence-electron chi connectivity index (χ1n) is 12.6. The second kappa shape index (κ2) is 15.1. The van der Waals surface area contributed by atoms with Crippen LogP contribution in [0.1, 0.15) is 32.8 Å². The molecule has 0 saturated carbocycles. The van der Waals surface area contributed by atoms with Gasteiger partial charge in [0.15, 0.2) is 0 Å². The fourth-order valence-corrected chi connectivity index (χ4v) is 3.07. The Hall–Kier alpha value is -4.06. The Morgan fingerprint density at radius 3 is 1.51 bits per heavy atom. The molecule has 0 unspecified atom stereocenters. The first-order chi connectivity index (χ1) is 18.0. The number of allylic oxidation sites excluding steroid dienone is 4. The predicted octanol–water partition coefficient (Wildman–Crippen LogP) is 8.52. The maximum absolute atomic E-state index is 5.74. The molecular formula is C31H36N2O4. The highest BCUT2D eigenvalue weighted by atomic mass is 16.5. The molecule has 3 aromatic carbocycles. The van der Waals surface area contributed by atoms with Gasteiger partial charge in [-0.1, -0.05) is 36.3 Å². The normalized spacial score (nSPS) is 12.0. The molecule has 0 fully saturated rings. The van der Waals surface area contributed by atoms with Crippen molar-refractivity contribution in [3.63, 3.8) is 0 Å². The molecule has 0 N–H and O–H groups in total. The van der Waals surface area contributed by atoms with Gasteiger partial charge in [-0.3, -0.25) is 0 Å². The lowest BCUT2D eigenvalue weighted by Crippen LogP contribution is -2.08. The lowest BCUT2D eigenvalue weighted by atomic mass is 10.2. The van der Waals surface area contributed by atoms with Crippen LogP contribution < -0.4 is 14.2 Å². The second-order valence-corrected chi connectivity index (χ2v) is 8.54. The van der Waals surface area contributed by atoms with E-state index < -0.39 is 0 Å². The molecule has 0 spiro atoms. The van der Waals surface area contributed by atoms with Gasteiger partial charge in [0.25, 0.3) is 0 Å². The molecule has 0 atom stereocenters. The lowest BCUT2D eigenvalue weighted by molar-refractivity contribution is 0.157. The average molecular weight is 501 g/mol. The number of azo groups is 1. The van der Waals surface area contributed by atoms with Crippen LogP contribution in [0.5, 0.6) is 17.2 Å². The van der Waals surface area contributed by atoms with Crippen LogP contribution in [0, 0.1) is 6.92 Å². The molecule has 3 aromatic rings. The minimum absolute atomic E-state index is 0.460. The third kappa shape index (κ3) is 10.6. The van der Waals surface area contributed by atoms with Crippen molar-refractivity contribution in [1.29, 1.82) is 0 Å². The van der Waals surface area contributed by atoms with Crippen molar-refractivity contribution < 1.29 is 18.9 Å². The SMILES string of the molecule is CC/C(C)=C\C=C(/C)OCCOc1ccc(N=Nc2ccc(OCCOc3ccc(C)cc3)cc2)cc1. The lowest BCUT2D eigenvalue weighted by Gasteiger charge is -2.09. The Kier molecular flexibility index (Phi) is 11.3. The van der Waals surface area contributed by atoms with Crippen LogP contribution in [0.4, 0.5) is 11.4 Å². The molecule has 3 rings (SSSR count). The monoisotopic (exact) mass is 500 g/mol. The van der Waals surface area contributed by atoms with E-state index in [4.69, 9.17) is 18.9 Å². The van der Waals surface area contributed by atoms with Crippen LogP contribution >= 0.6 is 0 Å². The molecule has 6 heteroatoms. The maximum atomic E-state index is 5.74. The highest BCUT2D eigenvalue weighted by Gasteiger charge is 1.99. The average Bonchev–Trinajstić information content (AvgIpc) is 2.93. The van der Waals surface area contributed by atoms with Crippen LogP contribution in [0.25, 0.3) is 0 Å². The molecule has 0 heterocycles. The summed E-state index contributed by atoms with van der Waals surface area (Å²) in [6, 6.07) is 22.9. The van der Waals surface area contributed by atoms with Crippen LogP contribution in [0.2, 0.25) is 0 Å². The van der Waals surface area contributed by atoms with Crippen molar-refractivity contribution in [2.75, 3.05) is 26.4 Å². The topological polar surface area (TPSA) is 61.6 Å². The Morgan fingerprint density at radius 2 is 1.05 bits per heavy atom. The summed E-state index contributed by atoms with van der Waals surface area (Å²) in [7, 11) is 0. The largest absolute Gasteiger partial charge is 0.495 e. The van der Waals surface area contributed by atoms with Gasteiger partial charge in [0.2, 0.25) is 0 Å². The van der Waals surface area contributed by atoms with Crippen LogP contribution in [0.3, 0.4) is 0 Å². The second-order valence-electron chi connectivity index (χ2n) is 8.54. The minimum Gasteiger partial charge on any atom is -0.495 e. The fourth-order valence-electron chi connectivity index (χ4n) is 3.07. The summed E-state index contributed by atoms with van der Waals surface area (Å²) in [5, 5.41) is 8.59. The van der Waals surface area contributed by atoms with Crippen molar-refractivity contribution in [3.8, 4) is 17.2 Å². The molecule has 0 aliphatic heterocycles. The third-order valence-electron chi connectivity index (χ3n) is 5.44. The van der Waals surface area contributed by atoms with Crippen molar-refractivity contribution in [3.05, 3.63) is 102 Å². The molecule has 0 amide bonds. The van der Waals surface area contributed by atoms with E-state index in [0.29, 0.717) is 26.4 Å². The van der Waals surface area contributed by atoms with Gasteiger partial charge in [-0.25, -0.2) is 0 Å². The van der Waals surface area contributed by atoms with E-state index in [1.807, 2.05) is 92.7 Å². The first kappa shape index (κ1) is 27.5. The summed E-state index contributed by atoms with van der Waals surface area (Å²) in [5.74, 6) is 3.24. The van der Waals surface area contributed by atoms with Crippen LogP contribution in [0.15, 0.2) is 107 Å². The van der Waals surface area contributed by atoms with Crippen molar-refractivity contribution in [1.82, 2.24) is 0 Å². The molecule has 194 valence electrons. The maximum Gasteiger partial charge on any atom is 0.122 e. The molecule has 37 heavy (non-hydrogen) atoms. The number of aryl methyl sites for hydroxylation is 1. The fraction of sp³-hybridized carbons (Fsp3) is 0.290. The van der Waals surface area contributed by atoms with E-state index >= 15 is 0 Å². The number of hydrogen-bond donors (Lipinski definition) is 0. The Bertz CT molecular complexity index is 1170. The molecule has 0 aliphatic carbocycles. The van der Waals surface area contributed by atoms with E-state index in [-0.39, 0.29) is 0 Å². The number of nitrogens with zero attached hydrogens (tertiary/aromatic N) is 2. The van der Waals surface area contributed by atoms with Gasteiger partial charge in [0.1, 0.15) is 43.7 Å². The number of hydrogen-bond acceptors (Lipinski definition) is 6. The van der Waals surface area contributed by atoms with Gasteiger partial charge in [-0.05, 0) is 93.9 Å². The van der Waals surface area contributed by atoms with Gasteiger partial charge in [-0.2, -0.15) is 10.2 Å². The van der Waals surface area contributed by atoms with E-state index in [0.717, 1.165) is 40.8 Å². The van der Waals surface area contributed by atoms with Gasteiger partial charge < -0.3 is 18.9 Å². The summed E-state index contributed by atoms with van der Waals surface area (Å²) in [4.78, 5) is 0. The summed E-state index contributed by atoms with van der Waals surface area (Å²) in [5.41, 5.74) is 4.01. The summed E-state index contributed by atoms with van der Waals surface area (Å²) >= 11 is 0. The third-order valence-corrected chi connectivity index (χ3v) is 5.44. The van der Waals surface area contributed by atoms with Gasteiger partial charge in [0.05, 0.1) is 17.1 Å². The van der Waals surface area contributed by atoms with E-state index in [2.05, 4.69) is 30.2 Å². The van der Waals surface area contributed by atoms with Gasteiger partial charge in [-0.15, -0.1) is 0 Å². The standard InChI is InChI=1S/C31H36N2O4/c1-5-24(2)6-9-26(4)34-20-21-35-30-16-10-27(11-17-30)32-33-28-12-18-31(19-13-28)37-23-22-36-29-14-7-25(3)8-15-29/h6-19H,5,20-23H2,1-4H3/b24-6-,26-9+,33-32?. The first-order valence-corrected chi connectivity index (χ1v) is 12.6. The van der Waals surface area contributed by atoms with Crippen molar-refractivity contribution >= 4 is 11.4 Å². The molecule has 0 radical (unpaired) electrons. The Labute approximate surface area is 220 Å². The zero-order valence-corrected chi connectivity index (χ0v) is 22.1. The summed E-state index contributed by atoms with van der Waals surface area (Å²) in [6.07, 6.45) is 5.10. The highest BCUT2D eigenvalue weighted by molar-refractivity contribution is 5.44. The molecule has 6 nitrogen and oxygen atoms in total. The Morgan fingerprint density at radius 1 is 0.622 bits per heavy atom. The quantitative estimate of drug-likeness (QED) is 0.0963. The van der Waals surface area contributed by atoms with E-state index in [1.54, 1.807) is 0 Å². The van der Waals surface area contributed by atoms with Gasteiger partial charge in [0, 0.05) is 0 Å². The summed E-state index contributed by atoms with van der Waals surface area (Å²) in [6.45, 7) is 10.1. The Balaban J connectivity index is 1.36. The zero-order chi connectivity index (χ0) is 26.3. The molecular weight excluding hydrogens is 464 g/mol. The smallest absolute Gasteiger partial charge is 0.122 e. The highest BCUT2D eigenvalue weighted by Crippen LogP contribution is 2.23. The minimum atomic E-state index is 0.460. The van der Waals surface area contributed by atoms with Crippen molar-refractivity contribution in [2.45, 2.75) is 34.1 Å². The van der Waals surface area contributed by atoms with Crippen molar-refractivity contribution in [2.24, 2.45) is 10.2 Å². The van der Waals surface area contributed by atoms with Gasteiger partial charge >= 0.3 is 0 Å². The number of ether oxygens (including phenoxy) is 4. The zero-order valence-electron chi connectivity index (χ0n) is 22.1. The van der Waals surface area contributed by atoms with E-state index in [1.165, 1.54) is 11.1 Å². The van der Waals surface area contributed by atoms with E-state index in [9.17, 15) is 0 Å². The van der Waals surface area contributed by atoms with Crippen LogP contribution in [-0.4, -0.2) is 26.4 Å². The molecule has 0 saturated heterocycles. The number of rotatable bonds is 14. The van der Waals surface area contributed by atoms with Crippen LogP contribution in [-0.2, 0) is 4.74 Å². The summed E-state index contributed by atoms with van der Waals surface area (Å²) < 4.78 is 22.8. The molecule has 0 aliphatic rings. The predicted molar refractivity (Wildman–Crippen MR) is 148 cm³/mol. The molecule has 0 aromatic heterocycles. The molecule has 0 bridgehead atoms.